The minimum Gasteiger partial charge on any atom is -0.335 e. The second kappa shape index (κ2) is 7.36. The van der Waals surface area contributed by atoms with Crippen molar-refractivity contribution in [3.63, 3.8) is 0 Å². The van der Waals surface area contributed by atoms with Gasteiger partial charge in [0.15, 0.2) is 0 Å². The van der Waals surface area contributed by atoms with Crippen LogP contribution in [-0.2, 0) is 6.54 Å². The highest BCUT2D eigenvalue weighted by atomic mass is 15.0. The molecule has 7 aromatic rings. The fourth-order valence-electron chi connectivity index (χ4n) is 5.49. The van der Waals surface area contributed by atoms with Crippen molar-refractivity contribution in [2.45, 2.75) is 13.5 Å². The maximum atomic E-state index is 2.51. The summed E-state index contributed by atoms with van der Waals surface area (Å²) in [5.41, 5.74) is 8.87. The topological polar surface area (TPSA) is 9.86 Å². The summed E-state index contributed by atoms with van der Waals surface area (Å²) in [6, 6.07) is 41.8. The molecule has 34 heavy (non-hydrogen) atoms. The van der Waals surface area contributed by atoms with Crippen molar-refractivity contribution in [3.8, 4) is 5.69 Å². The molecule has 2 aromatic heterocycles. The number of aryl methyl sites for hydroxylation is 1. The molecular weight excluding hydrogens is 412 g/mol. The van der Waals surface area contributed by atoms with E-state index >= 15 is 0 Å². The Kier molecular flexibility index (Phi) is 4.16. The van der Waals surface area contributed by atoms with E-state index < -0.39 is 0 Å². The normalized spacial score (nSPS) is 11.8. The Labute approximate surface area is 198 Å². The first-order valence-electron chi connectivity index (χ1n) is 11.8. The van der Waals surface area contributed by atoms with E-state index in [1.807, 2.05) is 0 Å². The molecule has 0 fully saturated rings. The van der Waals surface area contributed by atoms with Crippen LogP contribution in [0.5, 0.6) is 0 Å². The first-order chi connectivity index (χ1) is 16.8. The Morgan fingerprint density at radius 2 is 1.21 bits per heavy atom. The molecule has 0 radical (unpaired) electrons. The zero-order chi connectivity index (χ0) is 22.6. The van der Waals surface area contributed by atoms with Gasteiger partial charge in [-0.2, -0.15) is 0 Å². The van der Waals surface area contributed by atoms with Gasteiger partial charge < -0.3 is 9.13 Å². The van der Waals surface area contributed by atoms with Crippen LogP contribution in [0.2, 0.25) is 0 Å². The van der Waals surface area contributed by atoms with Crippen LogP contribution in [0.4, 0.5) is 0 Å². The highest BCUT2D eigenvalue weighted by Gasteiger charge is 2.19. The molecule has 0 unspecified atom stereocenters. The van der Waals surface area contributed by atoms with Crippen molar-refractivity contribution in [1.29, 1.82) is 0 Å². The molecule has 0 bridgehead atoms. The molecule has 0 aliphatic rings. The van der Waals surface area contributed by atoms with Gasteiger partial charge in [-0.25, -0.2) is 0 Å². The number of rotatable bonds is 3. The molecule has 2 heterocycles. The second-order valence-corrected chi connectivity index (χ2v) is 9.13. The molecule has 0 N–H and O–H groups in total. The van der Waals surface area contributed by atoms with Gasteiger partial charge in [-0.05, 0) is 42.8 Å². The average molecular weight is 437 g/mol. The largest absolute Gasteiger partial charge is 0.335 e. The van der Waals surface area contributed by atoms with Gasteiger partial charge in [-0.1, -0.05) is 90.5 Å². The van der Waals surface area contributed by atoms with Gasteiger partial charge in [0.2, 0.25) is 0 Å². The van der Waals surface area contributed by atoms with Gasteiger partial charge in [0.1, 0.15) is 0 Å². The summed E-state index contributed by atoms with van der Waals surface area (Å²) in [5.74, 6) is 0. The summed E-state index contributed by atoms with van der Waals surface area (Å²) in [6.45, 7) is 2.99. The van der Waals surface area contributed by atoms with Crippen molar-refractivity contribution in [2.24, 2.45) is 0 Å². The Balaban J connectivity index is 1.65. The number of fused-ring (bicyclic) bond motifs is 7. The first-order valence-corrected chi connectivity index (χ1v) is 11.8. The predicted molar refractivity (Wildman–Crippen MR) is 144 cm³/mol. The van der Waals surface area contributed by atoms with E-state index in [0.717, 1.165) is 6.54 Å². The summed E-state index contributed by atoms with van der Waals surface area (Å²) in [6.07, 6.45) is 0. The number of nitrogens with zero attached hydrogens (tertiary/aromatic N) is 2. The van der Waals surface area contributed by atoms with Crippen LogP contribution in [0, 0.1) is 6.92 Å². The van der Waals surface area contributed by atoms with Crippen LogP contribution in [0.25, 0.3) is 49.3 Å². The van der Waals surface area contributed by atoms with Crippen LogP contribution in [0.3, 0.4) is 0 Å². The van der Waals surface area contributed by atoms with Crippen molar-refractivity contribution >= 4 is 43.6 Å². The molecule has 162 valence electrons. The lowest BCUT2D eigenvalue weighted by Crippen LogP contribution is -2.00. The van der Waals surface area contributed by atoms with Crippen LogP contribution < -0.4 is 0 Å². The fourth-order valence-corrected chi connectivity index (χ4v) is 5.49. The Bertz CT molecular complexity index is 1820. The van der Waals surface area contributed by atoms with Gasteiger partial charge in [-0.3, -0.25) is 0 Å². The minimum atomic E-state index is 0.842. The van der Waals surface area contributed by atoms with E-state index in [-0.39, 0.29) is 0 Å². The fraction of sp³-hybridized carbons (Fsp3) is 0.0625. The molecule has 0 aliphatic heterocycles. The zero-order valence-corrected chi connectivity index (χ0v) is 19.1. The van der Waals surface area contributed by atoms with Gasteiger partial charge >= 0.3 is 0 Å². The van der Waals surface area contributed by atoms with E-state index in [2.05, 4.69) is 131 Å². The Hall–Kier alpha value is -4.30. The van der Waals surface area contributed by atoms with Gasteiger partial charge in [0.25, 0.3) is 0 Å². The van der Waals surface area contributed by atoms with Crippen LogP contribution in [0.15, 0.2) is 115 Å². The molecule has 0 amide bonds. The lowest BCUT2D eigenvalue weighted by Gasteiger charge is -2.10. The average Bonchev–Trinajstić information content (AvgIpc) is 3.39. The maximum Gasteiger partial charge on any atom is 0.0596 e. The summed E-state index contributed by atoms with van der Waals surface area (Å²) in [5, 5.41) is 5.23. The van der Waals surface area contributed by atoms with Gasteiger partial charge in [-0.15, -0.1) is 0 Å². The van der Waals surface area contributed by atoms with Crippen molar-refractivity contribution < 1.29 is 0 Å². The summed E-state index contributed by atoms with van der Waals surface area (Å²) >= 11 is 0. The number of benzene rings is 5. The van der Waals surface area contributed by atoms with E-state index in [1.165, 1.54) is 60.4 Å². The number of aromatic nitrogens is 2. The molecule has 0 spiro atoms. The Morgan fingerprint density at radius 3 is 2.00 bits per heavy atom. The van der Waals surface area contributed by atoms with Crippen molar-refractivity contribution in [3.05, 3.63) is 126 Å². The number of hydrogen-bond donors (Lipinski definition) is 0. The molecule has 7 rings (SSSR count). The predicted octanol–water partition coefficient (Wildman–Crippen LogP) is 8.25. The van der Waals surface area contributed by atoms with Crippen LogP contribution in [-0.4, -0.2) is 9.13 Å². The molecule has 0 atom stereocenters. The quantitative estimate of drug-likeness (QED) is 0.264. The lowest BCUT2D eigenvalue weighted by molar-refractivity contribution is 0.871. The maximum absolute atomic E-state index is 2.51. The summed E-state index contributed by atoms with van der Waals surface area (Å²) < 4.78 is 4.91. The highest BCUT2D eigenvalue weighted by molar-refractivity contribution is 6.25. The molecule has 2 heteroatoms. The highest BCUT2D eigenvalue weighted by Crippen LogP contribution is 2.40. The monoisotopic (exact) mass is 436 g/mol. The number of hydrogen-bond acceptors (Lipinski definition) is 0. The SMILES string of the molecule is Cc1ccc(Cn2c3ccccc3c3ccc4c(c5ccccc5n4-c4ccccc4)c32)cc1. The smallest absolute Gasteiger partial charge is 0.0596 e. The van der Waals surface area contributed by atoms with Crippen molar-refractivity contribution in [2.75, 3.05) is 0 Å². The van der Waals surface area contributed by atoms with E-state index in [0.29, 0.717) is 0 Å². The molecule has 2 nitrogen and oxygen atoms in total. The first kappa shape index (κ1) is 19.2. The van der Waals surface area contributed by atoms with E-state index in [9.17, 15) is 0 Å². The second-order valence-electron chi connectivity index (χ2n) is 9.13. The standard InChI is InChI=1S/C32H24N2/c1-22-15-17-23(18-16-22)21-33-28-13-7-5-11-25(28)26-19-20-30-31(32(26)33)27-12-6-8-14-29(27)34(30)24-9-3-2-4-10-24/h2-20H,21H2,1H3. The summed E-state index contributed by atoms with van der Waals surface area (Å²) in [7, 11) is 0. The number of para-hydroxylation sites is 3. The molecule has 0 aliphatic carbocycles. The lowest BCUT2D eigenvalue weighted by atomic mass is 10.1. The van der Waals surface area contributed by atoms with Crippen molar-refractivity contribution in [1.82, 2.24) is 9.13 Å². The third-order valence-corrected chi connectivity index (χ3v) is 7.04. The minimum absolute atomic E-state index is 0.842. The van der Waals surface area contributed by atoms with Gasteiger partial charge in [0, 0.05) is 39.3 Å². The third-order valence-electron chi connectivity index (χ3n) is 7.04. The molecule has 5 aromatic carbocycles. The van der Waals surface area contributed by atoms with Crippen LogP contribution in [0.1, 0.15) is 11.1 Å². The van der Waals surface area contributed by atoms with E-state index in [1.54, 1.807) is 0 Å². The zero-order valence-electron chi connectivity index (χ0n) is 19.1. The molecule has 0 saturated heterocycles. The Morgan fingerprint density at radius 1 is 0.529 bits per heavy atom. The van der Waals surface area contributed by atoms with Gasteiger partial charge in [0.05, 0.1) is 16.6 Å². The summed E-state index contributed by atoms with van der Waals surface area (Å²) in [4.78, 5) is 0. The molecular formula is C32H24N2. The molecule has 0 saturated carbocycles. The van der Waals surface area contributed by atoms with Crippen LogP contribution >= 0.6 is 0 Å². The van der Waals surface area contributed by atoms with E-state index in [4.69, 9.17) is 0 Å². The third kappa shape index (κ3) is 2.75.